The molecule has 12 atom stereocenters. The molecule has 0 heterocycles. The SMILES string of the molecule is C#C.C#C.[B]C1CC(CO)[C@@H](CO)C1.[B]C1CC(CO)[C@@H](CO)C1.[B]C1CC(CO)[C@H](CO)C1.[B]C1CC(CO)[C@H](CO)C1. The van der Waals surface area contributed by atoms with Crippen LogP contribution in [0.25, 0.3) is 0 Å². The molecule has 8 radical (unpaired) electrons. The molecule has 0 aliphatic heterocycles. The Morgan fingerprint density at radius 1 is 0.295 bits per heavy atom. The van der Waals surface area contributed by atoms with Crippen LogP contribution in [0.1, 0.15) is 51.4 Å². The van der Waals surface area contributed by atoms with Gasteiger partial charge in [-0.2, -0.15) is 0 Å². The van der Waals surface area contributed by atoms with E-state index >= 15 is 0 Å². The number of aliphatic hydroxyl groups is 8. The lowest BCUT2D eigenvalue weighted by molar-refractivity contribution is 0.141. The van der Waals surface area contributed by atoms with E-state index in [-0.39, 0.29) is 123 Å². The van der Waals surface area contributed by atoms with Gasteiger partial charge in [0, 0.05) is 52.9 Å². The molecule has 8 N–H and O–H groups in total. The number of aliphatic hydroxyl groups excluding tert-OH is 8. The first-order valence-corrected chi connectivity index (χ1v) is 15.7. The molecular formula is C32H56B4O8. The predicted molar refractivity (Wildman–Crippen MR) is 179 cm³/mol. The van der Waals surface area contributed by atoms with E-state index in [2.05, 4.69) is 25.7 Å². The predicted octanol–water partition coefficient (Wildman–Crippen LogP) is 0.316. The smallest absolute Gasteiger partial charge is 0.0699 e. The van der Waals surface area contributed by atoms with Gasteiger partial charge >= 0.3 is 0 Å². The van der Waals surface area contributed by atoms with Gasteiger partial charge in [0.05, 0.1) is 31.4 Å². The first kappa shape index (κ1) is 45.2. The summed E-state index contributed by atoms with van der Waals surface area (Å²) in [5, 5.41) is 70.5. The number of rotatable bonds is 8. The summed E-state index contributed by atoms with van der Waals surface area (Å²) in [5.41, 5.74) is 0. The molecule has 0 aromatic heterocycles. The average Bonchev–Trinajstić information content (AvgIpc) is 3.83. The van der Waals surface area contributed by atoms with Gasteiger partial charge in [0.15, 0.2) is 0 Å². The minimum atomic E-state index is 0.166. The Bertz CT molecular complexity index is 560. The van der Waals surface area contributed by atoms with Crippen molar-refractivity contribution in [3.8, 4) is 25.7 Å². The van der Waals surface area contributed by atoms with Crippen molar-refractivity contribution in [2.75, 3.05) is 52.9 Å². The molecule has 4 fully saturated rings. The third-order valence-corrected chi connectivity index (χ3v) is 9.39. The maximum Gasteiger partial charge on any atom is 0.0699 e. The molecule has 0 aromatic carbocycles. The Kier molecular flexibility index (Phi) is 27.9. The largest absolute Gasteiger partial charge is 0.396 e. The fourth-order valence-electron chi connectivity index (χ4n) is 6.82. The summed E-state index contributed by atoms with van der Waals surface area (Å²) in [4.78, 5) is 0. The summed E-state index contributed by atoms with van der Waals surface area (Å²) in [6, 6.07) is 0. The first-order valence-electron chi connectivity index (χ1n) is 15.7. The van der Waals surface area contributed by atoms with E-state index < -0.39 is 0 Å². The molecule has 44 heavy (non-hydrogen) atoms. The molecule has 4 rings (SSSR count). The van der Waals surface area contributed by atoms with E-state index in [4.69, 9.17) is 72.2 Å². The quantitative estimate of drug-likeness (QED) is 0.144. The molecule has 4 aliphatic carbocycles. The molecule has 0 saturated heterocycles. The van der Waals surface area contributed by atoms with Gasteiger partial charge in [-0.15, -0.1) is 25.7 Å². The molecule has 0 aromatic rings. The highest BCUT2D eigenvalue weighted by atomic mass is 16.3. The summed E-state index contributed by atoms with van der Waals surface area (Å²) < 4.78 is 0. The van der Waals surface area contributed by atoms with Crippen LogP contribution in [0.3, 0.4) is 0 Å². The number of terminal acetylenes is 2. The fraction of sp³-hybridized carbons (Fsp3) is 0.875. The van der Waals surface area contributed by atoms with Crippen molar-refractivity contribution in [2.45, 2.75) is 74.6 Å². The van der Waals surface area contributed by atoms with Crippen LogP contribution in [0.5, 0.6) is 0 Å². The highest BCUT2D eigenvalue weighted by Gasteiger charge is 2.32. The van der Waals surface area contributed by atoms with Crippen LogP contribution in [0.2, 0.25) is 23.3 Å². The molecule has 4 aliphatic rings. The van der Waals surface area contributed by atoms with Crippen LogP contribution in [-0.4, -0.2) is 125 Å². The molecule has 244 valence electrons. The van der Waals surface area contributed by atoms with Crippen LogP contribution >= 0.6 is 0 Å². The molecule has 0 amide bonds. The van der Waals surface area contributed by atoms with Gasteiger partial charge in [-0.1, -0.05) is 74.6 Å². The number of hydrogen-bond donors (Lipinski definition) is 8. The van der Waals surface area contributed by atoms with E-state index in [0.717, 1.165) is 51.4 Å². The highest BCUT2D eigenvalue weighted by Crippen LogP contribution is 2.39. The summed E-state index contributed by atoms with van der Waals surface area (Å²) >= 11 is 0. The zero-order valence-electron chi connectivity index (χ0n) is 26.4. The van der Waals surface area contributed by atoms with Gasteiger partial charge in [0.25, 0.3) is 0 Å². The normalized spacial score (nSPS) is 36.8. The minimum Gasteiger partial charge on any atom is -0.396 e. The lowest BCUT2D eigenvalue weighted by Crippen LogP contribution is -2.15. The zero-order valence-corrected chi connectivity index (χ0v) is 26.4. The van der Waals surface area contributed by atoms with Crippen LogP contribution < -0.4 is 0 Å². The Balaban J connectivity index is 0. The molecule has 8 nitrogen and oxygen atoms in total. The first-order chi connectivity index (χ1) is 21.1. The summed E-state index contributed by atoms with van der Waals surface area (Å²) in [7, 11) is 22.6. The van der Waals surface area contributed by atoms with Gasteiger partial charge in [-0.05, 0) is 47.3 Å². The Morgan fingerprint density at radius 3 is 0.455 bits per heavy atom. The maximum atomic E-state index is 8.82. The molecule has 4 saturated carbocycles. The van der Waals surface area contributed by atoms with Gasteiger partial charge in [-0.3, -0.25) is 0 Å². The van der Waals surface area contributed by atoms with Crippen molar-refractivity contribution < 1.29 is 40.9 Å². The van der Waals surface area contributed by atoms with Gasteiger partial charge in [0.1, 0.15) is 0 Å². The Hall–Kier alpha value is -0.940. The summed E-state index contributed by atoms with van der Waals surface area (Å²) in [6.07, 6.45) is 22.9. The van der Waals surface area contributed by atoms with Gasteiger partial charge in [-0.25, -0.2) is 0 Å². The van der Waals surface area contributed by atoms with E-state index in [1.54, 1.807) is 0 Å². The third-order valence-electron chi connectivity index (χ3n) is 9.39. The second kappa shape index (κ2) is 27.2. The Morgan fingerprint density at radius 2 is 0.386 bits per heavy atom. The molecular weight excluding hydrogens is 556 g/mol. The van der Waals surface area contributed by atoms with Gasteiger partial charge < -0.3 is 40.9 Å². The van der Waals surface area contributed by atoms with Crippen molar-refractivity contribution in [3.63, 3.8) is 0 Å². The van der Waals surface area contributed by atoms with Crippen LogP contribution in [0.15, 0.2) is 0 Å². The number of hydrogen-bond acceptors (Lipinski definition) is 8. The Labute approximate surface area is 272 Å². The molecule has 0 spiro atoms. The second-order valence-electron chi connectivity index (χ2n) is 12.5. The van der Waals surface area contributed by atoms with E-state index in [9.17, 15) is 0 Å². The molecule has 0 bridgehead atoms. The van der Waals surface area contributed by atoms with E-state index in [1.807, 2.05) is 0 Å². The molecule has 12 heteroatoms. The van der Waals surface area contributed by atoms with Crippen molar-refractivity contribution in [1.29, 1.82) is 0 Å². The van der Waals surface area contributed by atoms with Crippen molar-refractivity contribution >= 4 is 31.4 Å². The van der Waals surface area contributed by atoms with Crippen molar-refractivity contribution in [2.24, 2.45) is 47.3 Å². The minimum absolute atomic E-state index is 0.166. The second-order valence-corrected chi connectivity index (χ2v) is 12.5. The van der Waals surface area contributed by atoms with Crippen molar-refractivity contribution in [3.05, 3.63) is 0 Å². The highest BCUT2D eigenvalue weighted by molar-refractivity contribution is 6.12. The van der Waals surface area contributed by atoms with E-state index in [0.29, 0.717) is 0 Å². The molecule has 8 unspecified atom stereocenters. The van der Waals surface area contributed by atoms with Crippen LogP contribution in [0, 0.1) is 73.0 Å². The lowest BCUT2D eigenvalue weighted by atomic mass is 9.85. The lowest BCUT2D eigenvalue weighted by Gasteiger charge is -2.12. The maximum absolute atomic E-state index is 8.82. The van der Waals surface area contributed by atoms with E-state index in [1.165, 1.54) is 0 Å². The summed E-state index contributed by atoms with van der Waals surface area (Å²) in [6.45, 7) is 1.32. The van der Waals surface area contributed by atoms with Crippen LogP contribution in [-0.2, 0) is 0 Å². The third kappa shape index (κ3) is 16.6. The van der Waals surface area contributed by atoms with Gasteiger partial charge in [0.2, 0.25) is 0 Å². The fourth-order valence-corrected chi connectivity index (χ4v) is 6.82. The standard InChI is InChI=1S/4C7H13BO2.2C2H2/c4*8-7-1-5(3-9)6(2-7)4-10;2*1-2/h4*5-7,9-10H,1-4H2;2*1-2H/t4*5-,6?,7?;;/m1100../s1. The average molecular weight is 612 g/mol. The monoisotopic (exact) mass is 612 g/mol. The summed E-state index contributed by atoms with van der Waals surface area (Å²) in [5.74, 6) is 2.65. The van der Waals surface area contributed by atoms with Crippen LogP contribution in [0.4, 0.5) is 0 Å². The van der Waals surface area contributed by atoms with Crippen molar-refractivity contribution in [1.82, 2.24) is 0 Å². The zero-order chi connectivity index (χ0) is 34.2. The topological polar surface area (TPSA) is 162 Å².